The van der Waals surface area contributed by atoms with Crippen LogP contribution in [0.25, 0.3) is 5.76 Å². The van der Waals surface area contributed by atoms with Gasteiger partial charge in [-0.2, -0.15) is 0 Å². The van der Waals surface area contributed by atoms with E-state index in [-0.39, 0.29) is 11.3 Å². The van der Waals surface area contributed by atoms with Crippen molar-refractivity contribution in [3.63, 3.8) is 0 Å². The molecule has 1 heterocycles. The molecule has 2 aromatic rings. The number of Topliss-reactive ketones (excluding diaryl/α,β-unsaturated/α-hetero) is 1. The Labute approximate surface area is 183 Å². The SMILES string of the molecule is CCCCN1C(=O)C(=O)/C(=C(/O)c2cc(C)ccc2C)C1c1cccc(OC)c1OC. The lowest BCUT2D eigenvalue weighted by Crippen LogP contribution is -2.30. The number of ether oxygens (including phenoxy) is 2. The first-order valence-corrected chi connectivity index (χ1v) is 10.4. The fourth-order valence-corrected chi connectivity index (χ4v) is 4.03. The number of hydrogen-bond donors (Lipinski definition) is 1. The lowest BCUT2D eigenvalue weighted by Gasteiger charge is -2.27. The second kappa shape index (κ2) is 9.25. The number of carbonyl (C=O) groups excluding carboxylic acids is 2. The molecule has 0 saturated carbocycles. The molecular weight excluding hydrogens is 394 g/mol. The third kappa shape index (κ3) is 4.02. The number of aliphatic hydroxyl groups is 1. The van der Waals surface area contributed by atoms with Crippen molar-refractivity contribution in [2.75, 3.05) is 20.8 Å². The second-order valence-electron chi connectivity index (χ2n) is 7.75. The van der Waals surface area contributed by atoms with Crippen LogP contribution in [0.5, 0.6) is 11.5 Å². The topological polar surface area (TPSA) is 76.1 Å². The van der Waals surface area contributed by atoms with Crippen LogP contribution in [-0.4, -0.2) is 42.5 Å². The Kier molecular flexibility index (Phi) is 6.68. The average molecular weight is 424 g/mol. The van der Waals surface area contributed by atoms with Crippen molar-refractivity contribution in [3.8, 4) is 11.5 Å². The minimum Gasteiger partial charge on any atom is -0.507 e. The number of aryl methyl sites for hydroxylation is 2. The number of ketones is 1. The van der Waals surface area contributed by atoms with Crippen LogP contribution in [0.3, 0.4) is 0 Å². The average Bonchev–Trinajstić information content (AvgIpc) is 3.02. The highest BCUT2D eigenvalue weighted by Gasteiger charge is 2.47. The summed E-state index contributed by atoms with van der Waals surface area (Å²) < 4.78 is 11.0. The smallest absolute Gasteiger partial charge is 0.295 e. The molecule has 0 radical (unpaired) electrons. The molecule has 6 heteroatoms. The number of hydrogen-bond acceptors (Lipinski definition) is 5. The minimum absolute atomic E-state index is 0.0707. The molecule has 31 heavy (non-hydrogen) atoms. The maximum Gasteiger partial charge on any atom is 0.295 e. The zero-order valence-corrected chi connectivity index (χ0v) is 18.7. The van der Waals surface area contributed by atoms with Crippen molar-refractivity contribution in [3.05, 3.63) is 64.2 Å². The lowest BCUT2D eigenvalue weighted by atomic mass is 9.92. The number of rotatable bonds is 7. The number of likely N-dealkylation sites (tertiary alicyclic amines) is 1. The van der Waals surface area contributed by atoms with Crippen LogP contribution in [0, 0.1) is 13.8 Å². The lowest BCUT2D eigenvalue weighted by molar-refractivity contribution is -0.139. The summed E-state index contributed by atoms with van der Waals surface area (Å²) in [6.07, 6.45) is 1.60. The third-order valence-corrected chi connectivity index (χ3v) is 5.67. The highest BCUT2D eigenvalue weighted by atomic mass is 16.5. The molecule has 1 amide bonds. The molecule has 3 rings (SSSR count). The summed E-state index contributed by atoms with van der Waals surface area (Å²) in [7, 11) is 3.05. The molecule has 0 aliphatic carbocycles. The Morgan fingerprint density at radius 3 is 2.48 bits per heavy atom. The number of unbranched alkanes of at least 4 members (excludes halogenated alkanes) is 1. The van der Waals surface area contributed by atoms with Gasteiger partial charge in [-0.25, -0.2) is 0 Å². The largest absolute Gasteiger partial charge is 0.507 e. The standard InChI is InChI=1S/C25H29NO5/c1-6-7-13-26-21(17-9-8-10-19(30-4)24(17)31-5)20(23(28)25(26)29)22(27)18-14-15(2)11-12-16(18)3/h8-12,14,21,27H,6-7,13H2,1-5H3/b22-20+. The molecule has 1 aliphatic heterocycles. The van der Waals surface area contributed by atoms with Crippen LogP contribution in [0.4, 0.5) is 0 Å². The van der Waals surface area contributed by atoms with E-state index in [0.29, 0.717) is 29.2 Å². The molecule has 1 aliphatic rings. The Bertz CT molecular complexity index is 1040. The molecule has 6 nitrogen and oxygen atoms in total. The van der Waals surface area contributed by atoms with Crippen molar-refractivity contribution in [1.82, 2.24) is 4.90 Å². The van der Waals surface area contributed by atoms with Crippen molar-refractivity contribution in [2.45, 2.75) is 39.7 Å². The monoisotopic (exact) mass is 423 g/mol. The van der Waals surface area contributed by atoms with E-state index in [2.05, 4.69) is 0 Å². The van der Waals surface area contributed by atoms with Crippen LogP contribution < -0.4 is 9.47 Å². The number of nitrogens with zero attached hydrogens (tertiary/aromatic N) is 1. The summed E-state index contributed by atoms with van der Waals surface area (Å²) in [5, 5.41) is 11.3. The van der Waals surface area contributed by atoms with Crippen molar-refractivity contribution in [2.24, 2.45) is 0 Å². The van der Waals surface area contributed by atoms with E-state index in [1.807, 2.05) is 39.0 Å². The number of aliphatic hydroxyl groups excluding tert-OH is 1. The van der Waals surface area contributed by atoms with E-state index in [1.165, 1.54) is 19.1 Å². The maximum atomic E-state index is 13.1. The van der Waals surface area contributed by atoms with Gasteiger partial charge < -0.3 is 19.5 Å². The van der Waals surface area contributed by atoms with Crippen LogP contribution in [-0.2, 0) is 9.59 Å². The summed E-state index contributed by atoms with van der Waals surface area (Å²) in [4.78, 5) is 27.7. The fourth-order valence-electron chi connectivity index (χ4n) is 4.03. The molecule has 0 aromatic heterocycles. The normalized spacial score (nSPS) is 17.8. The van der Waals surface area contributed by atoms with E-state index < -0.39 is 17.7 Å². The van der Waals surface area contributed by atoms with Gasteiger partial charge in [-0.05, 0) is 38.0 Å². The Morgan fingerprint density at radius 2 is 1.84 bits per heavy atom. The Balaban J connectivity index is 2.30. The van der Waals surface area contributed by atoms with E-state index in [9.17, 15) is 14.7 Å². The predicted molar refractivity (Wildman–Crippen MR) is 119 cm³/mol. The minimum atomic E-state index is -0.767. The summed E-state index contributed by atoms with van der Waals surface area (Å²) in [6, 6.07) is 10.2. The van der Waals surface area contributed by atoms with Gasteiger partial charge >= 0.3 is 0 Å². The number of carbonyl (C=O) groups is 2. The van der Waals surface area contributed by atoms with Gasteiger partial charge in [0.15, 0.2) is 11.5 Å². The van der Waals surface area contributed by atoms with Gasteiger partial charge in [-0.1, -0.05) is 43.2 Å². The second-order valence-corrected chi connectivity index (χ2v) is 7.75. The summed E-state index contributed by atoms with van der Waals surface area (Å²) in [6.45, 7) is 6.20. The molecule has 0 spiro atoms. The number of para-hydroxylation sites is 1. The van der Waals surface area contributed by atoms with E-state index >= 15 is 0 Å². The molecular formula is C25H29NO5. The number of amides is 1. The van der Waals surface area contributed by atoms with Gasteiger partial charge in [0.2, 0.25) is 0 Å². The highest BCUT2D eigenvalue weighted by Crippen LogP contribution is 2.45. The molecule has 0 bridgehead atoms. The Hall–Kier alpha value is -3.28. The molecule has 1 unspecified atom stereocenters. The van der Waals surface area contributed by atoms with Crippen LogP contribution in [0.15, 0.2) is 42.0 Å². The molecule has 1 saturated heterocycles. The van der Waals surface area contributed by atoms with E-state index in [1.54, 1.807) is 18.2 Å². The molecule has 1 fully saturated rings. The van der Waals surface area contributed by atoms with Gasteiger partial charge in [0, 0.05) is 17.7 Å². The molecule has 164 valence electrons. The summed E-state index contributed by atoms with van der Waals surface area (Å²) in [5.41, 5.74) is 2.98. The van der Waals surface area contributed by atoms with Gasteiger partial charge in [0.1, 0.15) is 5.76 Å². The van der Waals surface area contributed by atoms with E-state index in [0.717, 1.165) is 24.0 Å². The molecule has 2 aromatic carbocycles. The maximum absolute atomic E-state index is 13.1. The first kappa shape index (κ1) is 22.4. The number of methoxy groups -OCH3 is 2. The quantitative estimate of drug-likeness (QED) is 0.402. The highest BCUT2D eigenvalue weighted by molar-refractivity contribution is 6.46. The van der Waals surface area contributed by atoms with Crippen molar-refractivity contribution < 1.29 is 24.2 Å². The first-order chi connectivity index (χ1) is 14.8. The zero-order chi connectivity index (χ0) is 22.7. The van der Waals surface area contributed by atoms with Crippen molar-refractivity contribution in [1.29, 1.82) is 0 Å². The predicted octanol–water partition coefficient (Wildman–Crippen LogP) is 4.54. The fraction of sp³-hybridized carbons (Fsp3) is 0.360. The van der Waals surface area contributed by atoms with Crippen LogP contribution in [0.1, 0.15) is 48.1 Å². The van der Waals surface area contributed by atoms with Crippen LogP contribution >= 0.6 is 0 Å². The Morgan fingerprint density at radius 1 is 1.10 bits per heavy atom. The van der Waals surface area contributed by atoms with E-state index in [4.69, 9.17) is 9.47 Å². The number of benzene rings is 2. The van der Waals surface area contributed by atoms with Gasteiger partial charge in [-0.3, -0.25) is 9.59 Å². The van der Waals surface area contributed by atoms with Gasteiger partial charge in [0.05, 0.1) is 25.8 Å². The van der Waals surface area contributed by atoms with Gasteiger partial charge in [0.25, 0.3) is 11.7 Å². The molecule has 1 atom stereocenters. The van der Waals surface area contributed by atoms with Crippen molar-refractivity contribution >= 4 is 17.4 Å². The summed E-state index contributed by atoms with van der Waals surface area (Å²) in [5.74, 6) is -0.550. The van der Waals surface area contributed by atoms with Gasteiger partial charge in [-0.15, -0.1) is 0 Å². The molecule has 1 N–H and O–H groups in total. The van der Waals surface area contributed by atoms with Crippen LogP contribution in [0.2, 0.25) is 0 Å². The third-order valence-electron chi connectivity index (χ3n) is 5.67. The zero-order valence-electron chi connectivity index (χ0n) is 18.7. The summed E-state index contributed by atoms with van der Waals surface area (Å²) >= 11 is 0. The first-order valence-electron chi connectivity index (χ1n) is 10.4.